The summed E-state index contributed by atoms with van der Waals surface area (Å²) in [5.41, 5.74) is 1.88. The fourth-order valence-corrected chi connectivity index (χ4v) is 4.94. The van der Waals surface area contributed by atoms with Crippen molar-refractivity contribution >= 4 is 17.4 Å². The van der Waals surface area contributed by atoms with E-state index in [0.717, 1.165) is 37.0 Å². The van der Waals surface area contributed by atoms with E-state index in [9.17, 15) is 14.7 Å². The summed E-state index contributed by atoms with van der Waals surface area (Å²) in [5.74, 6) is -0.630. The van der Waals surface area contributed by atoms with Gasteiger partial charge in [0.15, 0.2) is 0 Å². The van der Waals surface area contributed by atoms with Crippen molar-refractivity contribution in [1.82, 2.24) is 9.88 Å². The largest absolute Gasteiger partial charge is 0.507 e. The van der Waals surface area contributed by atoms with Gasteiger partial charge in [-0.3, -0.25) is 14.6 Å². The first-order valence-electron chi connectivity index (χ1n) is 11.7. The summed E-state index contributed by atoms with van der Waals surface area (Å²) in [6.45, 7) is 8.67. The molecule has 33 heavy (non-hydrogen) atoms. The molecule has 1 saturated heterocycles. The molecule has 1 saturated carbocycles. The van der Waals surface area contributed by atoms with Gasteiger partial charge in [-0.1, -0.05) is 39.7 Å². The zero-order valence-electron chi connectivity index (χ0n) is 19.8. The van der Waals surface area contributed by atoms with Gasteiger partial charge in [0.05, 0.1) is 17.9 Å². The zero-order valence-corrected chi connectivity index (χ0v) is 19.8. The monoisotopic (exact) mass is 448 g/mol. The molecule has 1 N–H and O–H groups in total. The number of pyridine rings is 1. The molecule has 1 aliphatic heterocycles. The molecule has 2 aromatic rings. The van der Waals surface area contributed by atoms with Crippen molar-refractivity contribution in [3.8, 4) is 5.75 Å². The Bertz CT molecular complexity index is 1080. The minimum atomic E-state index is -0.695. The van der Waals surface area contributed by atoms with Crippen molar-refractivity contribution in [3.05, 3.63) is 65.0 Å². The topological polar surface area (TPSA) is 79.7 Å². The Balaban J connectivity index is 1.88. The van der Waals surface area contributed by atoms with Crippen LogP contribution in [0.2, 0.25) is 0 Å². The van der Waals surface area contributed by atoms with Crippen molar-refractivity contribution in [2.45, 2.75) is 70.9 Å². The van der Waals surface area contributed by atoms with Crippen LogP contribution < -0.4 is 4.74 Å². The van der Waals surface area contributed by atoms with Gasteiger partial charge in [-0.2, -0.15) is 0 Å². The molecule has 0 radical (unpaired) electrons. The molecule has 1 aromatic carbocycles. The van der Waals surface area contributed by atoms with E-state index in [0.29, 0.717) is 17.9 Å². The van der Waals surface area contributed by atoms with E-state index >= 15 is 0 Å². The molecular formula is C27H32N2O4. The Morgan fingerprint density at radius 2 is 1.88 bits per heavy atom. The van der Waals surface area contributed by atoms with Crippen LogP contribution in [0.5, 0.6) is 5.75 Å². The Morgan fingerprint density at radius 3 is 2.48 bits per heavy atom. The zero-order chi connectivity index (χ0) is 23.8. The van der Waals surface area contributed by atoms with E-state index in [1.54, 1.807) is 23.2 Å². The number of benzene rings is 1. The molecule has 2 aliphatic rings. The Morgan fingerprint density at radius 1 is 1.15 bits per heavy atom. The molecule has 4 rings (SSSR count). The van der Waals surface area contributed by atoms with Crippen LogP contribution in [-0.4, -0.2) is 39.3 Å². The number of Topliss-reactive ketones (excluding diaryl/α,β-unsaturated/α-hetero) is 1. The molecule has 1 amide bonds. The minimum Gasteiger partial charge on any atom is -0.507 e. The third-order valence-electron chi connectivity index (χ3n) is 6.53. The lowest BCUT2D eigenvalue weighted by Crippen LogP contribution is -2.37. The highest BCUT2D eigenvalue weighted by Crippen LogP contribution is 2.43. The number of likely N-dealkylation sites (tertiary alicyclic amines) is 1. The molecule has 1 aromatic heterocycles. The summed E-state index contributed by atoms with van der Waals surface area (Å²) in [6, 6.07) is 10.2. The van der Waals surface area contributed by atoms with Gasteiger partial charge < -0.3 is 14.7 Å². The van der Waals surface area contributed by atoms with Gasteiger partial charge in [-0.15, -0.1) is 0 Å². The number of nitrogens with zero attached hydrogens (tertiary/aromatic N) is 2. The predicted molar refractivity (Wildman–Crippen MR) is 127 cm³/mol. The van der Waals surface area contributed by atoms with Crippen LogP contribution in [0, 0.1) is 0 Å². The van der Waals surface area contributed by atoms with Crippen molar-refractivity contribution in [1.29, 1.82) is 0 Å². The number of aliphatic hydroxyl groups excluding tert-OH is 1. The highest BCUT2D eigenvalue weighted by Gasteiger charge is 2.49. The first-order valence-corrected chi connectivity index (χ1v) is 11.7. The van der Waals surface area contributed by atoms with E-state index in [-0.39, 0.29) is 22.8 Å². The molecule has 174 valence electrons. The van der Waals surface area contributed by atoms with Crippen LogP contribution in [0.1, 0.15) is 76.2 Å². The van der Waals surface area contributed by atoms with E-state index < -0.39 is 17.7 Å². The summed E-state index contributed by atoms with van der Waals surface area (Å²) in [6.07, 6.45) is 5.41. The summed E-state index contributed by atoms with van der Waals surface area (Å²) < 4.78 is 5.80. The third kappa shape index (κ3) is 4.26. The first kappa shape index (κ1) is 23.0. The number of carbonyl (C=O) groups excluding carboxylic acids is 2. The standard InChI is InChI=1S/C27H32N2O4/c1-5-33-21-14-13-17(16-19(21)27(2,3)4)24(30)22-23(20-12-8-9-15-28-20)29(26(32)25(22)31)18-10-6-7-11-18/h8-9,12-16,18,23,30H,5-7,10-11H2,1-4H3/b24-22-. The maximum atomic E-state index is 13.3. The number of rotatable bonds is 5. The van der Waals surface area contributed by atoms with Gasteiger partial charge in [0.1, 0.15) is 17.6 Å². The number of ketones is 1. The highest BCUT2D eigenvalue weighted by atomic mass is 16.5. The molecule has 0 spiro atoms. The van der Waals surface area contributed by atoms with Gasteiger partial charge in [0, 0.05) is 23.4 Å². The number of hydrogen-bond acceptors (Lipinski definition) is 5. The van der Waals surface area contributed by atoms with Gasteiger partial charge in [-0.25, -0.2) is 0 Å². The maximum Gasteiger partial charge on any atom is 0.295 e. The number of amides is 1. The predicted octanol–water partition coefficient (Wildman–Crippen LogP) is 5.14. The molecule has 1 atom stereocenters. The van der Waals surface area contributed by atoms with Gasteiger partial charge in [0.2, 0.25) is 0 Å². The Kier molecular flexibility index (Phi) is 6.28. The van der Waals surface area contributed by atoms with E-state index in [1.165, 1.54) is 0 Å². The molecule has 2 heterocycles. The van der Waals surface area contributed by atoms with Crippen molar-refractivity contribution in [2.75, 3.05) is 6.61 Å². The Labute approximate surface area is 195 Å². The summed E-state index contributed by atoms with van der Waals surface area (Å²) >= 11 is 0. The lowest BCUT2D eigenvalue weighted by atomic mass is 9.84. The van der Waals surface area contributed by atoms with Crippen LogP contribution >= 0.6 is 0 Å². The second-order valence-corrected chi connectivity index (χ2v) is 9.79. The average Bonchev–Trinajstić information content (AvgIpc) is 3.40. The van der Waals surface area contributed by atoms with Crippen LogP contribution in [0.15, 0.2) is 48.2 Å². The molecular weight excluding hydrogens is 416 g/mol. The lowest BCUT2D eigenvalue weighted by molar-refractivity contribution is -0.141. The third-order valence-corrected chi connectivity index (χ3v) is 6.53. The van der Waals surface area contributed by atoms with Crippen LogP contribution in [0.3, 0.4) is 0 Å². The fraction of sp³-hybridized carbons (Fsp3) is 0.444. The number of hydrogen-bond donors (Lipinski definition) is 1. The minimum absolute atomic E-state index is 0.0239. The van der Waals surface area contributed by atoms with Gasteiger partial charge in [-0.05, 0) is 55.5 Å². The Hall–Kier alpha value is -3.15. The molecule has 2 fully saturated rings. The SMILES string of the molecule is CCOc1ccc(/C(O)=C2/C(=O)C(=O)N(C3CCCC3)C2c2ccccn2)cc1C(C)(C)C. The van der Waals surface area contributed by atoms with Gasteiger partial charge >= 0.3 is 0 Å². The summed E-state index contributed by atoms with van der Waals surface area (Å²) in [5, 5.41) is 11.4. The number of aromatic nitrogens is 1. The lowest BCUT2D eigenvalue weighted by Gasteiger charge is -2.30. The molecule has 6 heteroatoms. The molecule has 0 bridgehead atoms. The summed E-state index contributed by atoms with van der Waals surface area (Å²) in [7, 11) is 0. The number of carbonyl (C=O) groups is 2. The van der Waals surface area contributed by atoms with E-state index in [2.05, 4.69) is 25.8 Å². The van der Waals surface area contributed by atoms with E-state index in [1.807, 2.05) is 31.2 Å². The highest BCUT2D eigenvalue weighted by molar-refractivity contribution is 6.46. The van der Waals surface area contributed by atoms with Crippen LogP contribution in [-0.2, 0) is 15.0 Å². The van der Waals surface area contributed by atoms with Gasteiger partial charge in [0.25, 0.3) is 11.7 Å². The second-order valence-electron chi connectivity index (χ2n) is 9.79. The molecule has 1 aliphatic carbocycles. The van der Waals surface area contributed by atoms with Crippen LogP contribution in [0.4, 0.5) is 0 Å². The molecule has 1 unspecified atom stereocenters. The van der Waals surface area contributed by atoms with Crippen molar-refractivity contribution in [3.63, 3.8) is 0 Å². The van der Waals surface area contributed by atoms with Crippen LogP contribution in [0.25, 0.3) is 5.76 Å². The fourth-order valence-electron chi connectivity index (χ4n) is 4.94. The second kappa shape index (κ2) is 9.00. The maximum absolute atomic E-state index is 13.3. The molecule has 6 nitrogen and oxygen atoms in total. The first-order chi connectivity index (χ1) is 15.7. The van der Waals surface area contributed by atoms with Crippen molar-refractivity contribution in [2.24, 2.45) is 0 Å². The van der Waals surface area contributed by atoms with Crippen molar-refractivity contribution < 1.29 is 19.4 Å². The number of ether oxygens (including phenoxy) is 1. The van der Waals surface area contributed by atoms with E-state index in [4.69, 9.17) is 4.74 Å². The smallest absolute Gasteiger partial charge is 0.295 e. The number of aliphatic hydroxyl groups is 1. The normalized spacial score (nSPS) is 21.1. The average molecular weight is 449 g/mol. The summed E-state index contributed by atoms with van der Waals surface area (Å²) in [4.78, 5) is 32.5. The quantitative estimate of drug-likeness (QED) is 0.389.